The summed E-state index contributed by atoms with van der Waals surface area (Å²) in [4.78, 5) is 0. The molecule has 0 aromatic heterocycles. The largest absolute Gasteiger partial charge is 0.0645 e. The Balaban J connectivity index is 1.67. The van der Waals surface area contributed by atoms with E-state index in [1.54, 1.807) is 27.8 Å². The second-order valence-corrected chi connectivity index (χ2v) is 11.4. The predicted molar refractivity (Wildman–Crippen MR) is 131 cm³/mol. The molecule has 2 heteroatoms. The summed E-state index contributed by atoms with van der Waals surface area (Å²) in [5.41, 5.74) is 13.8. The van der Waals surface area contributed by atoms with Crippen LogP contribution in [-0.4, -0.2) is 0 Å². The number of rotatable bonds is 2. The van der Waals surface area contributed by atoms with E-state index in [1.165, 1.54) is 56.9 Å². The highest BCUT2D eigenvalue weighted by Gasteiger charge is 2.43. The first kappa shape index (κ1) is 19.8. The molecule has 2 aromatic carbocycles. The lowest BCUT2D eigenvalue weighted by atomic mass is 9.66. The predicted octanol–water partition coefficient (Wildman–Crippen LogP) is 8.65. The summed E-state index contributed by atoms with van der Waals surface area (Å²) in [7, 11) is 0. The third-order valence-corrected chi connectivity index (χ3v) is 8.84. The Morgan fingerprint density at radius 1 is 0.931 bits per heavy atom. The maximum Gasteiger partial charge on any atom is 0.0250 e. The van der Waals surface area contributed by atoms with Crippen molar-refractivity contribution in [3.63, 3.8) is 0 Å². The minimum atomic E-state index is 0.0459. The Labute approximate surface area is 191 Å². The van der Waals surface area contributed by atoms with E-state index in [0.29, 0.717) is 5.92 Å². The van der Waals surface area contributed by atoms with Gasteiger partial charge in [0.2, 0.25) is 0 Å². The van der Waals surface area contributed by atoms with Crippen molar-refractivity contribution >= 4 is 43.5 Å². The van der Waals surface area contributed by atoms with Gasteiger partial charge in [0.05, 0.1) is 0 Å². The quantitative estimate of drug-likeness (QED) is 0.378. The standard InChI is InChI=1S/C27H28Br2/c1-15-12-20-17-8-5-6-9-18(17)24(29)14-22(20)26(15)27(3,4)25-16(2)13-21-19(25)10-7-11-23(21)28/h7,10-11,13-14,25H,5-6,8-9,12H2,1-4H3. The molecule has 0 saturated carbocycles. The molecule has 3 aliphatic rings. The zero-order valence-corrected chi connectivity index (χ0v) is 20.9. The lowest BCUT2D eigenvalue weighted by molar-refractivity contribution is 0.433. The molecule has 0 heterocycles. The van der Waals surface area contributed by atoms with Gasteiger partial charge in [0.1, 0.15) is 0 Å². The second kappa shape index (κ2) is 6.95. The summed E-state index contributed by atoms with van der Waals surface area (Å²) in [6.45, 7) is 9.61. The van der Waals surface area contributed by atoms with Crippen LogP contribution in [0.2, 0.25) is 0 Å². The zero-order valence-electron chi connectivity index (χ0n) is 17.8. The molecule has 150 valence electrons. The Morgan fingerprint density at radius 2 is 1.66 bits per heavy atom. The number of halogens is 2. The molecule has 0 nitrogen and oxygen atoms in total. The van der Waals surface area contributed by atoms with Crippen LogP contribution in [0.25, 0.3) is 11.6 Å². The maximum atomic E-state index is 3.94. The fourth-order valence-corrected chi connectivity index (χ4v) is 7.65. The van der Waals surface area contributed by atoms with Crippen molar-refractivity contribution in [3.8, 4) is 0 Å². The molecule has 1 atom stereocenters. The van der Waals surface area contributed by atoms with Gasteiger partial charge in [-0.15, -0.1) is 0 Å². The topological polar surface area (TPSA) is 0 Å². The first-order valence-corrected chi connectivity index (χ1v) is 12.4. The van der Waals surface area contributed by atoms with Crippen LogP contribution in [0, 0.1) is 5.41 Å². The first-order chi connectivity index (χ1) is 13.8. The molecule has 1 unspecified atom stereocenters. The van der Waals surface area contributed by atoms with E-state index in [0.717, 1.165) is 6.42 Å². The van der Waals surface area contributed by atoms with Crippen molar-refractivity contribution in [2.75, 3.05) is 0 Å². The van der Waals surface area contributed by atoms with Gasteiger partial charge in [0, 0.05) is 20.3 Å². The fourth-order valence-electron chi connectivity index (χ4n) is 6.49. The van der Waals surface area contributed by atoms with Crippen LogP contribution in [0.3, 0.4) is 0 Å². The Hall–Kier alpha value is -1.12. The van der Waals surface area contributed by atoms with Crippen molar-refractivity contribution in [2.24, 2.45) is 5.41 Å². The van der Waals surface area contributed by atoms with Gasteiger partial charge in [0.15, 0.2) is 0 Å². The number of allylic oxidation sites excluding steroid dienone is 3. The molecular weight excluding hydrogens is 484 g/mol. The molecule has 0 aliphatic heterocycles. The second-order valence-electron chi connectivity index (χ2n) is 9.67. The molecule has 0 saturated heterocycles. The molecule has 0 amide bonds. The number of benzene rings is 2. The summed E-state index contributed by atoms with van der Waals surface area (Å²) in [5.74, 6) is 0.417. The van der Waals surface area contributed by atoms with E-state index in [-0.39, 0.29) is 5.41 Å². The van der Waals surface area contributed by atoms with Crippen molar-refractivity contribution < 1.29 is 0 Å². The molecule has 0 spiro atoms. The van der Waals surface area contributed by atoms with Crippen LogP contribution < -0.4 is 0 Å². The van der Waals surface area contributed by atoms with Crippen molar-refractivity contribution in [1.29, 1.82) is 0 Å². The third-order valence-electron chi connectivity index (χ3n) is 7.45. The highest BCUT2D eigenvalue weighted by atomic mass is 79.9. The van der Waals surface area contributed by atoms with Crippen molar-refractivity contribution in [3.05, 3.63) is 77.7 Å². The Kier molecular flexibility index (Phi) is 4.75. The van der Waals surface area contributed by atoms with Crippen LogP contribution in [0.5, 0.6) is 0 Å². The van der Waals surface area contributed by atoms with Gasteiger partial charge < -0.3 is 0 Å². The average molecular weight is 512 g/mol. The van der Waals surface area contributed by atoms with E-state index in [2.05, 4.69) is 89.9 Å². The molecule has 0 radical (unpaired) electrons. The van der Waals surface area contributed by atoms with Crippen LogP contribution in [-0.2, 0) is 19.3 Å². The van der Waals surface area contributed by atoms with Gasteiger partial charge >= 0.3 is 0 Å². The van der Waals surface area contributed by atoms with Crippen LogP contribution in [0.4, 0.5) is 0 Å². The Bertz CT molecular complexity index is 1100. The summed E-state index contributed by atoms with van der Waals surface area (Å²) in [6, 6.07) is 9.13. The van der Waals surface area contributed by atoms with Gasteiger partial charge in [-0.1, -0.05) is 75.1 Å². The smallest absolute Gasteiger partial charge is 0.0250 e. The van der Waals surface area contributed by atoms with Crippen molar-refractivity contribution in [2.45, 2.75) is 65.7 Å². The molecule has 0 N–H and O–H groups in total. The normalized spacial score (nSPS) is 20.5. The zero-order chi connectivity index (χ0) is 20.5. The molecule has 3 aliphatic carbocycles. The average Bonchev–Trinajstić information content (AvgIpc) is 3.20. The molecule has 2 aromatic rings. The molecule has 0 fully saturated rings. The van der Waals surface area contributed by atoms with E-state index in [4.69, 9.17) is 0 Å². The minimum absolute atomic E-state index is 0.0459. The van der Waals surface area contributed by atoms with E-state index in [9.17, 15) is 0 Å². The monoisotopic (exact) mass is 510 g/mol. The van der Waals surface area contributed by atoms with Crippen LogP contribution >= 0.6 is 31.9 Å². The van der Waals surface area contributed by atoms with Crippen LogP contribution in [0.15, 0.2) is 44.4 Å². The number of hydrogen-bond donors (Lipinski definition) is 0. The SMILES string of the molecule is CC1=Cc2c(Br)cccc2C1C(C)(C)C1=C(C)Cc2c1cc(Br)c1c2CCCC1. The molecular formula is C27H28Br2. The maximum absolute atomic E-state index is 3.94. The molecule has 0 bridgehead atoms. The lowest BCUT2D eigenvalue weighted by Crippen LogP contribution is -2.24. The minimum Gasteiger partial charge on any atom is -0.0645 e. The summed E-state index contributed by atoms with van der Waals surface area (Å²) in [6.07, 6.45) is 8.65. The van der Waals surface area contributed by atoms with E-state index < -0.39 is 0 Å². The van der Waals surface area contributed by atoms with Crippen molar-refractivity contribution in [1.82, 2.24) is 0 Å². The van der Waals surface area contributed by atoms with Gasteiger partial charge in [0.25, 0.3) is 0 Å². The van der Waals surface area contributed by atoms with Crippen LogP contribution in [0.1, 0.15) is 79.8 Å². The fraction of sp³-hybridized carbons (Fsp3) is 0.407. The van der Waals surface area contributed by atoms with Gasteiger partial charge in [-0.05, 0) is 97.0 Å². The summed E-state index contributed by atoms with van der Waals surface area (Å²) >= 11 is 7.72. The van der Waals surface area contributed by atoms with Gasteiger partial charge in [-0.3, -0.25) is 0 Å². The third kappa shape index (κ3) is 2.89. The van der Waals surface area contributed by atoms with Gasteiger partial charge in [-0.25, -0.2) is 0 Å². The highest BCUT2D eigenvalue weighted by Crippen LogP contribution is 2.58. The van der Waals surface area contributed by atoms with E-state index >= 15 is 0 Å². The molecule has 29 heavy (non-hydrogen) atoms. The lowest BCUT2D eigenvalue weighted by Gasteiger charge is -2.37. The van der Waals surface area contributed by atoms with Gasteiger partial charge in [-0.2, -0.15) is 0 Å². The molecule has 5 rings (SSSR count). The highest BCUT2D eigenvalue weighted by molar-refractivity contribution is 9.10. The first-order valence-electron chi connectivity index (χ1n) is 10.8. The summed E-state index contributed by atoms with van der Waals surface area (Å²) < 4.78 is 2.54. The summed E-state index contributed by atoms with van der Waals surface area (Å²) in [5, 5.41) is 0. The Morgan fingerprint density at radius 3 is 2.41 bits per heavy atom. The number of fused-ring (bicyclic) bond motifs is 4. The number of hydrogen-bond acceptors (Lipinski definition) is 0. The van der Waals surface area contributed by atoms with E-state index in [1.807, 2.05) is 0 Å².